The van der Waals surface area contributed by atoms with Crippen LogP contribution in [-0.2, 0) is 0 Å². The van der Waals surface area contributed by atoms with Gasteiger partial charge in [0.1, 0.15) is 6.10 Å². The molecule has 0 heterocycles. The lowest BCUT2D eigenvalue weighted by molar-refractivity contribution is 0.0747. The van der Waals surface area contributed by atoms with Gasteiger partial charge in [0, 0.05) is 11.1 Å². The van der Waals surface area contributed by atoms with Crippen molar-refractivity contribution >= 4 is 11.6 Å². The number of hydrogen-bond donors (Lipinski definition) is 1. The number of carbonyl (C=O) groups excluding carboxylic acids is 2. The first-order chi connectivity index (χ1) is 16.6. The monoisotopic (exact) mass is 454 g/mol. The Bertz CT molecular complexity index is 1210. The molecule has 172 valence electrons. The summed E-state index contributed by atoms with van der Waals surface area (Å²) < 4.78 is 10.4. The zero-order valence-corrected chi connectivity index (χ0v) is 19.0. The number of aliphatic hydroxyl groups is 1. The highest BCUT2D eigenvalue weighted by Crippen LogP contribution is 2.32. The van der Waals surface area contributed by atoms with Gasteiger partial charge in [-0.2, -0.15) is 0 Å². The van der Waals surface area contributed by atoms with Crippen molar-refractivity contribution in [1.29, 1.82) is 0 Å². The molecule has 0 fully saturated rings. The van der Waals surface area contributed by atoms with Gasteiger partial charge in [-0.3, -0.25) is 9.59 Å². The lowest BCUT2D eigenvalue weighted by atomic mass is 10.0. The second kappa shape index (κ2) is 12.1. The molecule has 5 nitrogen and oxygen atoms in total. The molecule has 0 radical (unpaired) electrons. The van der Waals surface area contributed by atoms with Crippen LogP contribution in [0.3, 0.4) is 0 Å². The Hall–Kier alpha value is -4.22. The van der Waals surface area contributed by atoms with Crippen LogP contribution in [-0.4, -0.2) is 30.9 Å². The van der Waals surface area contributed by atoms with Crippen molar-refractivity contribution in [2.75, 3.05) is 14.2 Å². The molecule has 34 heavy (non-hydrogen) atoms. The quantitative estimate of drug-likeness (QED) is 0.371. The van der Waals surface area contributed by atoms with E-state index in [1.807, 2.05) is 30.3 Å². The van der Waals surface area contributed by atoms with Gasteiger partial charge in [0.15, 0.2) is 23.1 Å². The van der Waals surface area contributed by atoms with Crippen molar-refractivity contribution < 1.29 is 24.2 Å². The number of ketones is 2. The minimum absolute atomic E-state index is 0.0775. The molecule has 5 heteroatoms. The molecular weight excluding hydrogens is 428 g/mol. The second-order valence-corrected chi connectivity index (χ2v) is 7.28. The van der Waals surface area contributed by atoms with Crippen molar-refractivity contribution in [3.63, 3.8) is 0 Å². The Morgan fingerprint density at radius 2 is 1.18 bits per heavy atom. The normalized spacial score (nSPS) is 10.9. The molecule has 1 atom stereocenters. The van der Waals surface area contributed by atoms with Gasteiger partial charge in [-0.1, -0.05) is 97.1 Å². The summed E-state index contributed by atoms with van der Waals surface area (Å²) in [5, 5.41) is 9.89. The lowest BCUT2D eigenvalue weighted by Gasteiger charge is -2.11. The topological polar surface area (TPSA) is 72.8 Å². The maximum atomic E-state index is 12.4. The fourth-order valence-corrected chi connectivity index (χ4v) is 3.36. The molecule has 0 amide bonds. The van der Waals surface area contributed by atoms with Gasteiger partial charge in [-0.25, -0.2) is 0 Å². The zero-order chi connectivity index (χ0) is 24.3. The van der Waals surface area contributed by atoms with Crippen LogP contribution in [0.4, 0.5) is 0 Å². The molecule has 0 saturated carbocycles. The molecule has 0 bridgehead atoms. The van der Waals surface area contributed by atoms with E-state index in [0.29, 0.717) is 33.8 Å². The number of ether oxygens (including phenoxy) is 2. The van der Waals surface area contributed by atoms with Gasteiger partial charge in [0.05, 0.1) is 19.8 Å². The average molecular weight is 455 g/mol. The highest BCUT2D eigenvalue weighted by molar-refractivity contribution is 6.11. The van der Waals surface area contributed by atoms with Gasteiger partial charge in [0.25, 0.3) is 0 Å². The third-order valence-electron chi connectivity index (χ3n) is 5.11. The van der Waals surface area contributed by atoms with E-state index in [1.165, 1.54) is 7.11 Å². The van der Waals surface area contributed by atoms with Gasteiger partial charge in [0.2, 0.25) is 0 Å². The minimum atomic E-state index is -1.08. The first-order valence-electron chi connectivity index (χ1n) is 10.7. The smallest absolute Gasteiger partial charge is 0.196 e. The summed E-state index contributed by atoms with van der Waals surface area (Å²) in [5.74, 6) is 0.672. The Morgan fingerprint density at radius 3 is 1.71 bits per heavy atom. The predicted molar refractivity (Wildman–Crippen MR) is 132 cm³/mol. The van der Waals surface area contributed by atoms with E-state index in [4.69, 9.17) is 9.47 Å². The number of aliphatic hydroxyl groups excluding tert-OH is 1. The first kappa shape index (κ1) is 24.4. The Labute approximate surface area is 199 Å². The number of hydrogen-bond acceptors (Lipinski definition) is 5. The summed E-state index contributed by atoms with van der Waals surface area (Å²) in [6.45, 7) is 0. The van der Waals surface area contributed by atoms with Crippen LogP contribution < -0.4 is 9.47 Å². The number of benzene rings is 4. The number of carbonyl (C=O) groups is 2. The van der Waals surface area contributed by atoms with Crippen LogP contribution in [0.5, 0.6) is 11.5 Å². The number of methoxy groups -OCH3 is 2. The Morgan fingerprint density at radius 1 is 0.647 bits per heavy atom. The van der Waals surface area contributed by atoms with E-state index in [2.05, 4.69) is 0 Å². The van der Waals surface area contributed by atoms with Crippen LogP contribution in [0.1, 0.15) is 37.9 Å². The first-order valence-corrected chi connectivity index (χ1v) is 10.7. The number of para-hydroxylation sites is 1. The second-order valence-electron chi connectivity index (χ2n) is 7.28. The molecule has 4 aromatic rings. The Balaban J connectivity index is 0.000000192. The van der Waals surface area contributed by atoms with E-state index in [1.54, 1.807) is 86.0 Å². The third kappa shape index (κ3) is 5.97. The molecule has 4 rings (SSSR count). The minimum Gasteiger partial charge on any atom is -0.493 e. The van der Waals surface area contributed by atoms with Crippen LogP contribution in [0.25, 0.3) is 0 Å². The van der Waals surface area contributed by atoms with Gasteiger partial charge >= 0.3 is 0 Å². The van der Waals surface area contributed by atoms with Crippen LogP contribution in [0.15, 0.2) is 109 Å². The number of Topliss-reactive ketones (excluding diaryl/α,β-unsaturated/α-hetero) is 1. The fraction of sp³-hybridized carbons (Fsp3) is 0.103. The van der Waals surface area contributed by atoms with E-state index in [9.17, 15) is 14.7 Å². The Kier molecular flexibility index (Phi) is 8.72. The molecule has 4 aromatic carbocycles. The predicted octanol–water partition coefficient (Wildman–Crippen LogP) is 5.54. The molecule has 0 aliphatic carbocycles. The molecule has 0 aromatic heterocycles. The molecule has 0 aliphatic rings. The summed E-state index contributed by atoms with van der Waals surface area (Å²) in [4.78, 5) is 24.3. The van der Waals surface area contributed by atoms with Crippen LogP contribution >= 0.6 is 0 Å². The van der Waals surface area contributed by atoms with E-state index >= 15 is 0 Å². The van der Waals surface area contributed by atoms with Crippen molar-refractivity contribution in [2.45, 2.75) is 6.10 Å². The summed E-state index contributed by atoms with van der Waals surface area (Å²) >= 11 is 0. The van der Waals surface area contributed by atoms with Crippen molar-refractivity contribution in [3.05, 3.63) is 131 Å². The van der Waals surface area contributed by atoms with Gasteiger partial charge < -0.3 is 14.6 Å². The molecule has 1 unspecified atom stereocenters. The summed E-state index contributed by atoms with van der Waals surface area (Å²) in [7, 11) is 3.08. The summed E-state index contributed by atoms with van der Waals surface area (Å²) in [5.41, 5.74) is 2.28. The summed E-state index contributed by atoms with van der Waals surface area (Å²) in [6, 6.07) is 32.1. The van der Waals surface area contributed by atoms with E-state index < -0.39 is 6.10 Å². The third-order valence-corrected chi connectivity index (χ3v) is 5.11. The highest BCUT2D eigenvalue weighted by Gasteiger charge is 2.18. The van der Waals surface area contributed by atoms with Crippen molar-refractivity contribution in [3.8, 4) is 11.5 Å². The summed E-state index contributed by atoms with van der Waals surface area (Å²) in [6.07, 6.45) is -1.08. The van der Waals surface area contributed by atoms with Gasteiger partial charge in [-0.15, -0.1) is 0 Å². The lowest BCUT2D eigenvalue weighted by Crippen LogP contribution is -2.11. The SMILES string of the molecule is COc1cccc(C(=O)c2ccccc2)c1OC.O=C(c1ccccc1)C(O)c1ccccc1. The molecule has 1 N–H and O–H groups in total. The maximum absolute atomic E-state index is 12.4. The molecular formula is C29H26O5. The average Bonchev–Trinajstić information content (AvgIpc) is 2.93. The van der Waals surface area contributed by atoms with Gasteiger partial charge in [-0.05, 0) is 17.7 Å². The van der Waals surface area contributed by atoms with Crippen molar-refractivity contribution in [2.24, 2.45) is 0 Å². The number of rotatable bonds is 7. The molecule has 0 spiro atoms. The molecule has 0 aliphatic heterocycles. The zero-order valence-electron chi connectivity index (χ0n) is 19.0. The highest BCUT2D eigenvalue weighted by atomic mass is 16.5. The van der Waals surface area contributed by atoms with Crippen molar-refractivity contribution in [1.82, 2.24) is 0 Å². The van der Waals surface area contributed by atoms with Crippen LogP contribution in [0, 0.1) is 0 Å². The fourth-order valence-electron chi connectivity index (χ4n) is 3.36. The standard InChI is InChI=1S/C15H14O3.C14H12O2/c1-17-13-10-6-9-12(15(13)18-2)14(16)11-7-4-3-5-8-11;15-13(11-7-3-1-4-8-11)14(16)12-9-5-2-6-10-12/h3-10H,1-2H3;1-10,13,15H. The molecule has 0 saturated heterocycles. The largest absolute Gasteiger partial charge is 0.493 e. The van der Waals surface area contributed by atoms with E-state index in [-0.39, 0.29) is 11.6 Å². The maximum Gasteiger partial charge on any atom is 0.196 e. The van der Waals surface area contributed by atoms with Crippen LogP contribution in [0.2, 0.25) is 0 Å². The van der Waals surface area contributed by atoms with E-state index in [0.717, 1.165) is 0 Å².